The Morgan fingerprint density at radius 2 is 2.08 bits per heavy atom. The molecular weight excluding hydrogens is 170 g/mol. The summed E-state index contributed by atoms with van der Waals surface area (Å²) in [6.45, 7) is 6.47. The lowest BCUT2D eigenvalue weighted by molar-refractivity contribution is 0.590. The van der Waals surface area contributed by atoms with E-state index in [-0.39, 0.29) is 5.41 Å². The highest BCUT2D eigenvalue weighted by molar-refractivity contribution is 7.04. The molecule has 0 unspecified atom stereocenters. The first-order valence-electron chi connectivity index (χ1n) is 3.86. The van der Waals surface area contributed by atoms with Crippen molar-refractivity contribution in [1.29, 1.82) is 0 Å². The number of nitrogens with two attached hydrogens (primary N) is 1. The van der Waals surface area contributed by atoms with Gasteiger partial charge in [0.1, 0.15) is 0 Å². The summed E-state index contributed by atoms with van der Waals surface area (Å²) in [7, 11) is 1.81. The maximum atomic E-state index is 5.63. The van der Waals surface area contributed by atoms with Gasteiger partial charge < -0.3 is 0 Å². The van der Waals surface area contributed by atoms with E-state index >= 15 is 0 Å². The predicted molar refractivity (Wildman–Crippen MR) is 53.4 cm³/mol. The van der Waals surface area contributed by atoms with Crippen molar-refractivity contribution >= 4 is 17.4 Å². The molecule has 1 aromatic heterocycles. The minimum absolute atomic E-state index is 0.121. The van der Waals surface area contributed by atoms with Crippen LogP contribution in [0.3, 0.4) is 0 Å². The molecule has 4 heteroatoms. The molecule has 0 saturated carbocycles. The van der Waals surface area contributed by atoms with Crippen molar-refractivity contribution in [2.75, 3.05) is 12.1 Å². The van der Waals surface area contributed by atoms with Crippen LogP contribution in [0.2, 0.25) is 0 Å². The Balaban J connectivity index is 3.08. The summed E-state index contributed by atoms with van der Waals surface area (Å²) < 4.78 is 4.22. The van der Waals surface area contributed by atoms with E-state index in [2.05, 4.69) is 30.5 Å². The van der Waals surface area contributed by atoms with Crippen LogP contribution in [0.15, 0.2) is 5.38 Å². The van der Waals surface area contributed by atoms with E-state index in [0.29, 0.717) is 0 Å². The topological polar surface area (TPSA) is 42.1 Å². The molecule has 0 amide bonds. The Bertz CT molecular complexity index is 260. The highest BCUT2D eigenvalue weighted by Crippen LogP contribution is 2.30. The summed E-state index contributed by atoms with van der Waals surface area (Å²) in [5.74, 6) is 6.52. The predicted octanol–water partition coefficient (Wildman–Crippen LogP) is 1.75. The lowest BCUT2D eigenvalue weighted by atomic mass is 9.89. The van der Waals surface area contributed by atoms with Crippen LogP contribution in [0, 0.1) is 0 Å². The van der Waals surface area contributed by atoms with Gasteiger partial charge in [-0.1, -0.05) is 20.8 Å². The molecule has 0 saturated heterocycles. The van der Waals surface area contributed by atoms with Crippen LogP contribution in [0.1, 0.15) is 26.3 Å². The highest BCUT2D eigenvalue weighted by atomic mass is 32.1. The molecule has 0 atom stereocenters. The molecule has 1 heterocycles. The molecule has 1 rings (SSSR count). The van der Waals surface area contributed by atoms with E-state index in [9.17, 15) is 0 Å². The zero-order valence-electron chi connectivity index (χ0n) is 7.96. The molecule has 2 N–H and O–H groups in total. The molecule has 0 aliphatic rings. The van der Waals surface area contributed by atoms with Crippen molar-refractivity contribution in [2.24, 2.45) is 5.84 Å². The van der Waals surface area contributed by atoms with E-state index in [1.54, 1.807) is 5.01 Å². The number of rotatable bonds is 1. The fourth-order valence-corrected chi connectivity index (χ4v) is 1.94. The van der Waals surface area contributed by atoms with Crippen molar-refractivity contribution in [3.63, 3.8) is 0 Å². The van der Waals surface area contributed by atoms with Crippen molar-refractivity contribution in [2.45, 2.75) is 26.2 Å². The number of nitrogens with zero attached hydrogens (tertiary/aromatic N) is 2. The lowest BCUT2D eigenvalue weighted by Gasteiger charge is -2.21. The maximum Gasteiger partial charge on any atom is 0.159 e. The summed E-state index contributed by atoms with van der Waals surface area (Å²) in [5.41, 5.74) is 1.33. The second-order valence-corrected chi connectivity index (χ2v) is 4.54. The van der Waals surface area contributed by atoms with Crippen LogP contribution in [0.25, 0.3) is 0 Å². The second-order valence-electron chi connectivity index (χ2n) is 3.91. The molecule has 0 aliphatic heterocycles. The molecule has 0 bridgehead atoms. The van der Waals surface area contributed by atoms with Gasteiger partial charge in [-0.15, -0.1) is 0 Å². The fourth-order valence-electron chi connectivity index (χ4n) is 0.997. The first-order valence-corrected chi connectivity index (χ1v) is 4.70. The van der Waals surface area contributed by atoms with E-state index in [1.165, 1.54) is 17.1 Å². The summed E-state index contributed by atoms with van der Waals surface area (Å²) in [4.78, 5) is 0. The van der Waals surface area contributed by atoms with Crippen LogP contribution in [0.5, 0.6) is 0 Å². The van der Waals surface area contributed by atoms with Gasteiger partial charge in [0.05, 0.1) is 0 Å². The van der Waals surface area contributed by atoms with Gasteiger partial charge in [0, 0.05) is 18.0 Å². The summed E-state index contributed by atoms with van der Waals surface area (Å²) in [6.07, 6.45) is 0. The summed E-state index contributed by atoms with van der Waals surface area (Å²) >= 11 is 1.45. The van der Waals surface area contributed by atoms with Crippen LogP contribution >= 0.6 is 11.5 Å². The van der Waals surface area contributed by atoms with Crippen LogP contribution in [-0.2, 0) is 5.41 Å². The molecule has 0 aromatic carbocycles. The molecule has 68 valence electrons. The average Bonchev–Trinajstić information content (AvgIpc) is 2.30. The molecule has 0 fully saturated rings. The van der Waals surface area contributed by atoms with Crippen LogP contribution in [-0.4, -0.2) is 11.4 Å². The average molecular weight is 185 g/mol. The number of aromatic nitrogens is 1. The summed E-state index contributed by atoms with van der Waals surface area (Å²) in [5, 5.41) is 3.62. The second kappa shape index (κ2) is 3.03. The van der Waals surface area contributed by atoms with Gasteiger partial charge in [-0.3, -0.25) is 5.01 Å². The molecule has 3 nitrogen and oxygen atoms in total. The number of hydrogen-bond acceptors (Lipinski definition) is 4. The summed E-state index contributed by atoms with van der Waals surface area (Å²) in [6, 6.07) is 0. The van der Waals surface area contributed by atoms with Crippen molar-refractivity contribution < 1.29 is 0 Å². The Morgan fingerprint density at radius 1 is 1.50 bits per heavy atom. The van der Waals surface area contributed by atoms with E-state index in [4.69, 9.17) is 5.84 Å². The van der Waals surface area contributed by atoms with Crippen molar-refractivity contribution in [3.05, 3.63) is 10.9 Å². The third kappa shape index (κ3) is 1.76. The highest BCUT2D eigenvalue weighted by Gasteiger charge is 2.21. The number of anilines is 1. The van der Waals surface area contributed by atoms with Gasteiger partial charge in [0.15, 0.2) is 5.82 Å². The Labute approximate surface area is 77.3 Å². The number of hydrogen-bond donors (Lipinski definition) is 1. The largest absolute Gasteiger partial charge is 0.297 e. The maximum absolute atomic E-state index is 5.63. The Hall–Kier alpha value is -0.610. The lowest BCUT2D eigenvalue weighted by Crippen LogP contribution is -2.28. The van der Waals surface area contributed by atoms with Gasteiger partial charge in [-0.05, 0) is 16.9 Å². The Morgan fingerprint density at radius 3 is 2.42 bits per heavy atom. The zero-order chi connectivity index (χ0) is 9.35. The van der Waals surface area contributed by atoms with Crippen LogP contribution < -0.4 is 10.9 Å². The number of hydrazine groups is 1. The Kier molecular flexibility index (Phi) is 2.39. The first-order chi connectivity index (χ1) is 5.43. The monoisotopic (exact) mass is 185 g/mol. The molecular formula is C8H15N3S. The molecule has 1 aromatic rings. The van der Waals surface area contributed by atoms with Gasteiger partial charge >= 0.3 is 0 Å². The van der Waals surface area contributed by atoms with Gasteiger partial charge in [0.2, 0.25) is 0 Å². The fraction of sp³-hybridized carbons (Fsp3) is 0.625. The van der Waals surface area contributed by atoms with Gasteiger partial charge in [0.25, 0.3) is 0 Å². The molecule has 0 radical (unpaired) electrons. The van der Waals surface area contributed by atoms with Crippen molar-refractivity contribution in [3.8, 4) is 0 Å². The minimum Gasteiger partial charge on any atom is -0.297 e. The van der Waals surface area contributed by atoms with Gasteiger partial charge in [-0.25, -0.2) is 5.84 Å². The van der Waals surface area contributed by atoms with Gasteiger partial charge in [-0.2, -0.15) is 4.37 Å². The third-order valence-electron chi connectivity index (χ3n) is 1.69. The first kappa shape index (κ1) is 9.48. The standard InChI is InChI=1S/C8H15N3S/c1-8(2,3)6-5-12-10-7(6)11(4)9/h5H,9H2,1-4H3. The third-order valence-corrected chi connectivity index (χ3v) is 2.31. The zero-order valence-corrected chi connectivity index (χ0v) is 8.77. The SMILES string of the molecule is CN(N)c1nscc1C(C)(C)C. The minimum atomic E-state index is 0.121. The van der Waals surface area contributed by atoms with Crippen molar-refractivity contribution in [1.82, 2.24) is 4.37 Å². The smallest absolute Gasteiger partial charge is 0.159 e. The molecule has 0 spiro atoms. The van der Waals surface area contributed by atoms with Crippen LogP contribution in [0.4, 0.5) is 5.82 Å². The quantitative estimate of drug-likeness (QED) is 0.535. The van der Waals surface area contributed by atoms with E-state index in [1.807, 2.05) is 7.05 Å². The van der Waals surface area contributed by atoms with E-state index < -0.39 is 0 Å². The molecule has 0 aliphatic carbocycles. The molecule has 12 heavy (non-hydrogen) atoms. The normalized spacial score (nSPS) is 11.8. The van der Waals surface area contributed by atoms with E-state index in [0.717, 1.165) is 5.82 Å².